The molecule has 1 spiro atoms. The summed E-state index contributed by atoms with van der Waals surface area (Å²) in [7, 11) is 0. The number of piperazine rings is 1. The molecule has 7 heteroatoms. The lowest BCUT2D eigenvalue weighted by Crippen LogP contribution is -2.50. The second-order valence-corrected chi connectivity index (χ2v) is 9.74. The van der Waals surface area contributed by atoms with E-state index in [2.05, 4.69) is 21.9 Å². The molecule has 176 valence electrons. The zero-order chi connectivity index (χ0) is 23.1. The number of carbonyl (C=O) groups excluding carboxylic acids is 1. The smallest absolute Gasteiger partial charge is 0.368 e. The molecule has 2 aromatic carbocycles. The van der Waals surface area contributed by atoms with Gasteiger partial charge < -0.3 is 9.80 Å². The monoisotopic (exact) mass is 457 g/mol. The van der Waals surface area contributed by atoms with Gasteiger partial charge in [0.05, 0.1) is 5.56 Å². The second-order valence-electron chi connectivity index (χ2n) is 9.74. The maximum atomic E-state index is 13.2. The van der Waals surface area contributed by atoms with Crippen molar-refractivity contribution in [1.29, 1.82) is 0 Å². The highest BCUT2D eigenvalue weighted by Crippen LogP contribution is 2.60. The zero-order valence-electron chi connectivity index (χ0n) is 18.7. The summed E-state index contributed by atoms with van der Waals surface area (Å²) in [4.78, 5) is 19.9. The Bertz CT molecular complexity index is 961. The Labute approximate surface area is 193 Å². The number of amides is 1. The van der Waals surface area contributed by atoms with Crippen LogP contribution in [0, 0.1) is 11.3 Å². The largest absolute Gasteiger partial charge is 0.416 e. The molecule has 1 aliphatic carbocycles. The van der Waals surface area contributed by atoms with E-state index in [9.17, 15) is 18.0 Å². The molecule has 4 nitrogen and oxygen atoms in total. The number of likely N-dealkylation sites (tertiary alicyclic amines) is 1. The van der Waals surface area contributed by atoms with Crippen LogP contribution in [0.4, 0.5) is 18.9 Å². The first-order chi connectivity index (χ1) is 15.8. The summed E-state index contributed by atoms with van der Waals surface area (Å²) in [6.45, 7) is 5.75. The Balaban J connectivity index is 1.09. The summed E-state index contributed by atoms with van der Waals surface area (Å²) in [6.07, 6.45) is -1.32. The fraction of sp³-hybridized carbons (Fsp3) is 0.500. The second kappa shape index (κ2) is 8.67. The third-order valence-electron chi connectivity index (χ3n) is 7.74. The lowest BCUT2D eigenvalue weighted by Gasteiger charge is -2.37. The molecule has 2 heterocycles. The van der Waals surface area contributed by atoms with E-state index in [-0.39, 0.29) is 11.3 Å². The third kappa shape index (κ3) is 4.74. The number of halogens is 3. The summed E-state index contributed by atoms with van der Waals surface area (Å²) in [5.74, 6) is 0.466. The fourth-order valence-electron chi connectivity index (χ4n) is 5.51. The van der Waals surface area contributed by atoms with E-state index in [4.69, 9.17) is 0 Å². The number of alkyl halides is 3. The van der Waals surface area contributed by atoms with E-state index in [0.29, 0.717) is 12.5 Å². The lowest BCUT2D eigenvalue weighted by atomic mass is 9.90. The van der Waals surface area contributed by atoms with Gasteiger partial charge in [0.1, 0.15) is 0 Å². The molecular formula is C26H30F3N3O. The van der Waals surface area contributed by atoms with Crippen LogP contribution in [0.2, 0.25) is 0 Å². The summed E-state index contributed by atoms with van der Waals surface area (Å²) in [5.41, 5.74) is 1.66. The van der Waals surface area contributed by atoms with Crippen molar-refractivity contribution in [3.63, 3.8) is 0 Å². The maximum absolute atomic E-state index is 13.2. The summed E-state index contributed by atoms with van der Waals surface area (Å²) in [6, 6.07) is 15.8. The van der Waals surface area contributed by atoms with E-state index in [0.717, 1.165) is 76.2 Å². The summed E-state index contributed by atoms with van der Waals surface area (Å²) in [5, 5.41) is 0. The van der Waals surface area contributed by atoms with Crippen LogP contribution in [0.5, 0.6) is 0 Å². The molecule has 2 aromatic rings. The number of hydrogen-bond donors (Lipinski definition) is 0. The number of carbonyl (C=O) groups is 1. The first kappa shape index (κ1) is 22.3. The quantitative estimate of drug-likeness (QED) is 0.669. The van der Waals surface area contributed by atoms with Gasteiger partial charge in [-0.2, -0.15) is 13.2 Å². The van der Waals surface area contributed by atoms with E-state index >= 15 is 0 Å². The van der Waals surface area contributed by atoms with Crippen LogP contribution in [-0.4, -0.2) is 55.0 Å². The van der Waals surface area contributed by atoms with Gasteiger partial charge in [0, 0.05) is 44.3 Å². The third-order valence-corrected chi connectivity index (χ3v) is 7.74. The van der Waals surface area contributed by atoms with Gasteiger partial charge in [-0.1, -0.05) is 30.3 Å². The molecule has 0 unspecified atom stereocenters. The Kier molecular flexibility index (Phi) is 5.85. The molecule has 1 amide bonds. The molecule has 5 rings (SSSR count). The van der Waals surface area contributed by atoms with Crippen molar-refractivity contribution >= 4 is 11.6 Å². The number of para-hydroxylation sites is 1. The van der Waals surface area contributed by atoms with Crippen molar-refractivity contribution in [2.75, 3.05) is 44.2 Å². The lowest BCUT2D eigenvalue weighted by molar-refractivity contribution is -0.137. The molecule has 3 fully saturated rings. The Morgan fingerprint density at radius 3 is 2.12 bits per heavy atom. The van der Waals surface area contributed by atoms with Crippen molar-refractivity contribution in [1.82, 2.24) is 9.80 Å². The van der Waals surface area contributed by atoms with Crippen LogP contribution in [0.3, 0.4) is 0 Å². The molecule has 0 aromatic heterocycles. The SMILES string of the molecule is O=C([C@@H]1CC12CCN(Cc1ccc(C(F)(F)F)cc1)CC2)N1CCN(c2ccccc2)CC1. The molecule has 33 heavy (non-hydrogen) atoms. The highest BCUT2D eigenvalue weighted by molar-refractivity contribution is 5.83. The summed E-state index contributed by atoms with van der Waals surface area (Å²) < 4.78 is 38.3. The summed E-state index contributed by atoms with van der Waals surface area (Å²) >= 11 is 0. The van der Waals surface area contributed by atoms with Crippen molar-refractivity contribution in [3.05, 3.63) is 65.7 Å². The van der Waals surface area contributed by atoms with Crippen LogP contribution < -0.4 is 4.90 Å². The average molecular weight is 458 g/mol. The van der Waals surface area contributed by atoms with Gasteiger partial charge in [0.2, 0.25) is 5.91 Å². The van der Waals surface area contributed by atoms with Gasteiger partial charge in [-0.15, -0.1) is 0 Å². The normalized spacial score (nSPS) is 23.1. The standard InChI is InChI=1S/C26H30F3N3O/c27-26(28,29)21-8-6-20(7-9-21)19-30-12-10-25(11-13-30)18-23(25)24(33)32-16-14-31(15-17-32)22-4-2-1-3-5-22/h1-9,23H,10-19H2/t23-/m0/s1. The first-order valence-electron chi connectivity index (χ1n) is 11.8. The van der Waals surface area contributed by atoms with Gasteiger partial charge >= 0.3 is 6.18 Å². The van der Waals surface area contributed by atoms with Gasteiger partial charge in [0.15, 0.2) is 0 Å². The number of nitrogens with zero attached hydrogens (tertiary/aromatic N) is 3. The average Bonchev–Trinajstić information content (AvgIpc) is 3.54. The van der Waals surface area contributed by atoms with E-state index in [1.165, 1.54) is 5.69 Å². The van der Waals surface area contributed by atoms with Crippen molar-refractivity contribution in [2.45, 2.75) is 32.0 Å². The van der Waals surface area contributed by atoms with Crippen molar-refractivity contribution < 1.29 is 18.0 Å². The van der Waals surface area contributed by atoms with Crippen molar-refractivity contribution in [2.24, 2.45) is 11.3 Å². The molecular weight excluding hydrogens is 427 g/mol. The van der Waals surface area contributed by atoms with Gasteiger partial charge in [-0.3, -0.25) is 9.69 Å². The van der Waals surface area contributed by atoms with Crippen LogP contribution in [0.1, 0.15) is 30.4 Å². The minimum atomic E-state index is -4.29. The van der Waals surface area contributed by atoms with Gasteiger partial charge in [-0.05, 0) is 67.6 Å². The molecule has 0 radical (unpaired) electrons. The van der Waals surface area contributed by atoms with Crippen LogP contribution in [0.15, 0.2) is 54.6 Å². The zero-order valence-corrected chi connectivity index (χ0v) is 18.7. The highest BCUT2D eigenvalue weighted by Gasteiger charge is 2.59. The first-order valence-corrected chi connectivity index (χ1v) is 11.8. The van der Waals surface area contributed by atoms with Crippen molar-refractivity contribution in [3.8, 4) is 0 Å². The van der Waals surface area contributed by atoms with Crippen LogP contribution in [0.25, 0.3) is 0 Å². The van der Waals surface area contributed by atoms with Crippen LogP contribution in [-0.2, 0) is 17.5 Å². The number of anilines is 1. The number of hydrogen-bond acceptors (Lipinski definition) is 3. The molecule has 1 saturated carbocycles. The minimum absolute atomic E-state index is 0.143. The number of benzene rings is 2. The van der Waals surface area contributed by atoms with E-state index < -0.39 is 11.7 Å². The maximum Gasteiger partial charge on any atom is 0.416 e. The minimum Gasteiger partial charge on any atom is -0.368 e. The van der Waals surface area contributed by atoms with Crippen LogP contribution >= 0.6 is 0 Å². The number of rotatable bonds is 4. The molecule has 0 bridgehead atoms. The molecule has 2 aliphatic heterocycles. The van der Waals surface area contributed by atoms with E-state index in [1.807, 2.05) is 23.1 Å². The van der Waals surface area contributed by atoms with Gasteiger partial charge in [0.25, 0.3) is 0 Å². The molecule has 1 atom stereocenters. The highest BCUT2D eigenvalue weighted by atomic mass is 19.4. The Hall–Kier alpha value is -2.54. The molecule has 2 saturated heterocycles. The predicted octanol–water partition coefficient (Wildman–Crippen LogP) is 4.66. The Morgan fingerprint density at radius 1 is 0.879 bits per heavy atom. The molecule has 0 N–H and O–H groups in total. The van der Waals surface area contributed by atoms with E-state index in [1.54, 1.807) is 12.1 Å². The van der Waals surface area contributed by atoms with Gasteiger partial charge in [-0.25, -0.2) is 0 Å². The Morgan fingerprint density at radius 2 is 1.52 bits per heavy atom. The number of piperidine rings is 1. The predicted molar refractivity (Wildman–Crippen MR) is 122 cm³/mol. The fourth-order valence-corrected chi connectivity index (χ4v) is 5.51. The molecule has 3 aliphatic rings. The topological polar surface area (TPSA) is 26.8 Å².